The van der Waals surface area contributed by atoms with Gasteiger partial charge in [-0.2, -0.15) is 0 Å². The number of rotatable bonds is 5. The Labute approximate surface area is 129 Å². The fraction of sp³-hybridized carbons (Fsp3) is 0.286. The van der Waals surface area contributed by atoms with Gasteiger partial charge in [-0.05, 0) is 40.7 Å². The lowest BCUT2D eigenvalue weighted by Gasteiger charge is -2.18. The Morgan fingerprint density at radius 2 is 2.16 bits per heavy atom. The standard InChI is InChI=1S/C14H14BrClFNS/c1-2-18-12(8-9-6-7-13(16)19-9)10-4-3-5-11(15)14(10)17/h3-7,12,18H,2,8H2,1H3. The minimum absolute atomic E-state index is 0.0442. The van der Waals surface area contributed by atoms with Crippen LogP contribution >= 0.6 is 38.9 Å². The molecule has 0 fully saturated rings. The molecule has 0 aliphatic carbocycles. The van der Waals surface area contributed by atoms with Gasteiger partial charge in [-0.3, -0.25) is 0 Å². The van der Waals surface area contributed by atoms with Crippen LogP contribution in [0.25, 0.3) is 0 Å². The summed E-state index contributed by atoms with van der Waals surface area (Å²) in [6.07, 6.45) is 0.735. The number of halogens is 3. The van der Waals surface area contributed by atoms with E-state index in [2.05, 4.69) is 21.2 Å². The molecule has 2 aromatic rings. The maximum Gasteiger partial charge on any atom is 0.142 e. The third kappa shape index (κ3) is 3.78. The monoisotopic (exact) mass is 361 g/mol. The van der Waals surface area contributed by atoms with Gasteiger partial charge in [0.05, 0.1) is 8.81 Å². The second-order valence-corrected chi connectivity index (χ2v) is 6.82. The van der Waals surface area contributed by atoms with E-state index in [4.69, 9.17) is 11.6 Å². The fourth-order valence-electron chi connectivity index (χ4n) is 1.99. The van der Waals surface area contributed by atoms with E-state index >= 15 is 0 Å². The molecule has 0 aliphatic rings. The van der Waals surface area contributed by atoms with Crippen LogP contribution < -0.4 is 5.32 Å². The van der Waals surface area contributed by atoms with Gasteiger partial charge >= 0.3 is 0 Å². The minimum Gasteiger partial charge on any atom is -0.310 e. The lowest BCUT2D eigenvalue weighted by Crippen LogP contribution is -2.23. The van der Waals surface area contributed by atoms with E-state index in [1.165, 1.54) is 11.3 Å². The molecule has 0 saturated carbocycles. The van der Waals surface area contributed by atoms with E-state index in [1.807, 2.05) is 31.2 Å². The molecule has 5 heteroatoms. The molecule has 1 unspecified atom stereocenters. The molecule has 2 rings (SSSR count). The average molecular weight is 363 g/mol. The van der Waals surface area contributed by atoms with Gasteiger partial charge in [0.2, 0.25) is 0 Å². The highest BCUT2D eigenvalue weighted by molar-refractivity contribution is 9.10. The van der Waals surface area contributed by atoms with Crippen LogP contribution in [-0.4, -0.2) is 6.54 Å². The van der Waals surface area contributed by atoms with Crippen molar-refractivity contribution in [1.82, 2.24) is 5.32 Å². The lowest BCUT2D eigenvalue weighted by molar-refractivity contribution is 0.510. The van der Waals surface area contributed by atoms with E-state index in [9.17, 15) is 4.39 Å². The minimum atomic E-state index is -0.198. The highest BCUT2D eigenvalue weighted by atomic mass is 79.9. The van der Waals surface area contributed by atoms with Crippen molar-refractivity contribution in [3.63, 3.8) is 0 Å². The molecule has 0 radical (unpaired) electrons. The van der Waals surface area contributed by atoms with Gasteiger partial charge in [0.25, 0.3) is 0 Å². The van der Waals surface area contributed by atoms with Crippen LogP contribution in [0.15, 0.2) is 34.8 Å². The number of thiophene rings is 1. The normalized spacial score (nSPS) is 12.6. The van der Waals surface area contributed by atoms with Crippen molar-refractivity contribution in [2.45, 2.75) is 19.4 Å². The lowest BCUT2D eigenvalue weighted by atomic mass is 10.0. The first-order valence-electron chi connectivity index (χ1n) is 6.03. The van der Waals surface area contributed by atoms with E-state index in [0.29, 0.717) is 10.0 Å². The molecule has 0 saturated heterocycles. The van der Waals surface area contributed by atoms with Crippen LogP contribution in [-0.2, 0) is 6.42 Å². The summed E-state index contributed by atoms with van der Waals surface area (Å²) in [7, 11) is 0. The van der Waals surface area contributed by atoms with Gasteiger partial charge in [-0.15, -0.1) is 11.3 Å². The molecule has 1 aromatic heterocycles. The molecule has 1 aromatic carbocycles. The van der Waals surface area contributed by atoms with Crippen LogP contribution in [0.4, 0.5) is 4.39 Å². The SMILES string of the molecule is CCNC(Cc1ccc(Cl)s1)c1cccc(Br)c1F. The van der Waals surface area contributed by atoms with Gasteiger partial charge in [-0.1, -0.05) is 30.7 Å². The van der Waals surface area contributed by atoms with Crippen molar-refractivity contribution in [2.24, 2.45) is 0 Å². The molecule has 0 aliphatic heterocycles. The van der Waals surface area contributed by atoms with Gasteiger partial charge in [-0.25, -0.2) is 4.39 Å². The van der Waals surface area contributed by atoms with Crippen LogP contribution in [0.1, 0.15) is 23.4 Å². The second kappa shape index (κ2) is 6.84. The van der Waals surface area contributed by atoms with Crippen LogP contribution in [0.2, 0.25) is 4.34 Å². The summed E-state index contributed by atoms with van der Waals surface area (Å²) in [5.41, 5.74) is 0.681. The van der Waals surface area contributed by atoms with E-state index < -0.39 is 0 Å². The predicted molar refractivity (Wildman–Crippen MR) is 83.6 cm³/mol. The Hall–Kier alpha value is -0.420. The Kier molecular flexibility index (Phi) is 5.39. The maximum atomic E-state index is 14.2. The van der Waals surface area contributed by atoms with E-state index in [-0.39, 0.29) is 11.9 Å². The summed E-state index contributed by atoms with van der Waals surface area (Å²) in [4.78, 5) is 1.15. The molecule has 1 N–H and O–H groups in total. The van der Waals surface area contributed by atoms with Gasteiger partial charge in [0.15, 0.2) is 0 Å². The number of benzene rings is 1. The summed E-state index contributed by atoms with van der Waals surface area (Å²) in [5, 5.41) is 3.33. The number of likely N-dealkylation sites (N-methyl/N-ethyl adjacent to an activating group) is 1. The maximum absolute atomic E-state index is 14.2. The smallest absolute Gasteiger partial charge is 0.142 e. The number of hydrogen-bond acceptors (Lipinski definition) is 2. The van der Waals surface area contributed by atoms with Crippen molar-refractivity contribution < 1.29 is 4.39 Å². The molecule has 1 heterocycles. The van der Waals surface area contributed by atoms with Crippen molar-refractivity contribution in [1.29, 1.82) is 0 Å². The summed E-state index contributed by atoms with van der Waals surface area (Å²) in [6, 6.07) is 9.22. The largest absolute Gasteiger partial charge is 0.310 e. The zero-order valence-electron chi connectivity index (χ0n) is 10.4. The molecule has 1 atom stereocenters. The first-order chi connectivity index (χ1) is 9.11. The summed E-state index contributed by atoms with van der Waals surface area (Å²) in [5.74, 6) is -0.198. The zero-order chi connectivity index (χ0) is 13.8. The highest BCUT2D eigenvalue weighted by Crippen LogP contribution is 2.29. The Balaban J connectivity index is 2.26. The Bertz CT molecular complexity index is 558. The molecule has 0 amide bonds. The molecule has 0 bridgehead atoms. The number of nitrogens with one attached hydrogen (secondary N) is 1. The van der Waals surface area contributed by atoms with E-state index in [0.717, 1.165) is 22.2 Å². The zero-order valence-corrected chi connectivity index (χ0v) is 13.6. The Morgan fingerprint density at radius 1 is 1.37 bits per heavy atom. The van der Waals surface area contributed by atoms with E-state index in [1.54, 1.807) is 6.07 Å². The fourth-order valence-corrected chi connectivity index (χ4v) is 3.51. The van der Waals surface area contributed by atoms with Crippen molar-refractivity contribution >= 4 is 38.9 Å². The third-order valence-electron chi connectivity index (χ3n) is 2.84. The van der Waals surface area contributed by atoms with Crippen LogP contribution in [0.5, 0.6) is 0 Å². The van der Waals surface area contributed by atoms with Crippen molar-refractivity contribution in [3.8, 4) is 0 Å². The molecule has 19 heavy (non-hydrogen) atoms. The number of hydrogen-bond donors (Lipinski definition) is 1. The topological polar surface area (TPSA) is 12.0 Å². The molecule has 102 valence electrons. The highest BCUT2D eigenvalue weighted by Gasteiger charge is 2.17. The summed E-state index contributed by atoms with van der Waals surface area (Å²) in [6.45, 7) is 2.81. The molecular formula is C14H14BrClFNS. The summed E-state index contributed by atoms with van der Waals surface area (Å²) < 4.78 is 15.4. The average Bonchev–Trinajstić information content (AvgIpc) is 2.78. The van der Waals surface area contributed by atoms with Crippen LogP contribution in [0.3, 0.4) is 0 Å². The third-order valence-corrected chi connectivity index (χ3v) is 4.71. The van der Waals surface area contributed by atoms with Gasteiger partial charge in [0, 0.05) is 22.9 Å². The second-order valence-electron chi connectivity index (χ2n) is 4.16. The molecule has 0 spiro atoms. The molecule has 1 nitrogen and oxygen atoms in total. The first-order valence-corrected chi connectivity index (χ1v) is 8.02. The van der Waals surface area contributed by atoms with Gasteiger partial charge < -0.3 is 5.32 Å². The van der Waals surface area contributed by atoms with Gasteiger partial charge in [0.1, 0.15) is 5.82 Å². The first kappa shape index (κ1) is 15.0. The predicted octanol–water partition coefficient (Wildman–Crippen LogP) is 5.20. The molecular weight excluding hydrogens is 349 g/mol. The summed E-state index contributed by atoms with van der Waals surface area (Å²) >= 11 is 10.7. The van der Waals surface area contributed by atoms with Crippen molar-refractivity contribution in [3.05, 3.63) is 55.4 Å². The quantitative estimate of drug-likeness (QED) is 0.771. The van der Waals surface area contributed by atoms with Crippen molar-refractivity contribution in [2.75, 3.05) is 6.54 Å². The Morgan fingerprint density at radius 3 is 2.79 bits per heavy atom. The van der Waals surface area contributed by atoms with Crippen LogP contribution in [0, 0.1) is 5.82 Å².